The lowest BCUT2D eigenvalue weighted by atomic mass is 10.1. The molecule has 2 aliphatic rings. The van der Waals surface area contributed by atoms with Crippen LogP contribution in [0.3, 0.4) is 0 Å². The van der Waals surface area contributed by atoms with Crippen LogP contribution in [0.5, 0.6) is 5.75 Å². The number of hydrogen-bond donors (Lipinski definition) is 0. The number of hydrogen-bond acceptors (Lipinski definition) is 8. The van der Waals surface area contributed by atoms with Crippen LogP contribution < -0.4 is 21.5 Å². The van der Waals surface area contributed by atoms with Crippen LogP contribution in [0.1, 0.15) is 58.9 Å². The van der Waals surface area contributed by atoms with E-state index in [2.05, 4.69) is 0 Å². The molecule has 0 aliphatic carbocycles. The molecule has 38 heavy (non-hydrogen) atoms. The molecule has 198 valence electrons. The highest BCUT2D eigenvalue weighted by Gasteiger charge is 2.26. The summed E-state index contributed by atoms with van der Waals surface area (Å²) < 4.78 is 32.8. The summed E-state index contributed by atoms with van der Waals surface area (Å²) in [5, 5.41) is -0.0123. The van der Waals surface area contributed by atoms with Gasteiger partial charge in [-0.2, -0.15) is 8.96 Å². The highest BCUT2D eigenvalue weighted by atomic mass is 35.5. The number of esters is 1. The zero-order valence-corrected chi connectivity index (χ0v) is 20.6. The van der Waals surface area contributed by atoms with Gasteiger partial charge in [0.05, 0.1) is 16.8 Å². The van der Waals surface area contributed by atoms with Crippen LogP contribution in [-0.4, -0.2) is 38.8 Å². The quantitative estimate of drug-likeness (QED) is 0.447. The van der Waals surface area contributed by atoms with Crippen molar-refractivity contribution in [2.45, 2.75) is 38.1 Å². The molecule has 5 rings (SSSR count). The summed E-state index contributed by atoms with van der Waals surface area (Å²) in [5.74, 6) is -3.61. The fraction of sp³-hybridized carbons (Fsp3) is 0.320. The molecule has 13 heteroatoms. The minimum absolute atomic E-state index is 0.0123. The van der Waals surface area contributed by atoms with E-state index in [1.54, 1.807) is 0 Å². The number of aromatic nitrogens is 3. The molecule has 0 spiro atoms. The number of rotatable bonds is 5. The van der Waals surface area contributed by atoms with Crippen LogP contribution in [0, 0.1) is 5.82 Å². The van der Waals surface area contributed by atoms with E-state index in [9.17, 15) is 28.4 Å². The SMILES string of the molecule is O=C(Oc1cc(=O)n(C2CCCO2)cc1Cl)c1cccc(C(=O)n2c(=O)c(F)cn(C3CCCO3)c2=O)c1. The predicted octanol–water partition coefficient (Wildman–Crippen LogP) is 2.49. The Bertz CT molecular complexity index is 1600. The van der Waals surface area contributed by atoms with Crippen molar-refractivity contribution >= 4 is 23.5 Å². The van der Waals surface area contributed by atoms with E-state index >= 15 is 0 Å². The van der Waals surface area contributed by atoms with Gasteiger partial charge in [0.25, 0.3) is 17.0 Å². The largest absolute Gasteiger partial charge is 0.421 e. The molecule has 2 aromatic heterocycles. The number of pyridine rings is 1. The van der Waals surface area contributed by atoms with E-state index < -0.39 is 47.0 Å². The van der Waals surface area contributed by atoms with Crippen LogP contribution in [0.25, 0.3) is 0 Å². The Labute approximate surface area is 218 Å². The van der Waals surface area contributed by atoms with Crippen molar-refractivity contribution in [1.82, 2.24) is 13.7 Å². The predicted molar refractivity (Wildman–Crippen MR) is 130 cm³/mol. The van der Waals surface area contributed by atoms with E-state index in [0.29, 0.717) is 38.7 Å². The molecule has 2 atom stereocenters. The lowest BCUT2D eigenvalue weighted by Crippen LogP contribution is -2.46. The van der Waals surface area contributed by atoms with Gasteiger partial charge in [-0.15, -0.1) is 0 Å². The fourth-order valence-corrected chi connectivity index (χ4v) is 4.56. The van der Waals surface area contributed by atoms with Gasteiger partial charge in [0.2, 0.25) is 5.82 Å². The lowest BCUT2D eigenvalue weighted by Gasteiger charge is -2.15. The van der Waals surface area contributed by atoms with Gasteiger partial charge < -0.3 is 14.2 Å². The molecule has 0 amide bonds. The molecule has 4 heterocycles. The van der Waals surface area contributed by atoms with Crippen molar-refractivity contribution < 1.29 is 28.2 Å². The normalized spacial score (nSPS) is 19.0. The number of halogens is 2. The van der Waals surface area contributed by atoms with Crippen molar-refractivity contribution in [3.8, 4) is 5.75 Å². The Balaban J connectivity index is 1.42. The van der Waals surface area contributed by atoms with E-state index in [-0.39, 0.29) is 26.5 Å². The number of carbonyl (C=O) groups is 2. The Morgan fingerprint density at radius 3 is 2.26 bits per heavy atom. The van der Waals surface area contributed by atoms with Gasteiger partial charge in [-0.25, -0.2) is 9.59 Å². The molecule has 2 fully saturated rings. The third-order valence-electron chi connectivity index (χ3n) is 6.25. The zero-order valence-electron chi connectivity index (χ0n) is 19.8. The van der Waals surface area contributed by atoms with Crippen LogP contribution in [0.4, 0.5) is 4.39 Å². The smallest absolute Gasteiger partial charge is 0.343 e. The van der Waals surface area contributed by atoms with Crippen LogP contribution >= 0.6 is 11.6 Å². The number of ether oxygens (including phenoxy) is 3. The van der Waals surface area contributed by atoms with Gasteiger partial charge in [0, 0.05) is 31.0 Å². The number of benzene rings is 1. The van der Waals surface area contributed by atoms with Crippen LogP contribution in [0.15, 0.2) is 57.1 Å². The monoisotopic (exact) mass is 545 g/mol. The summed E-state index contributed by atoms with van der Waals surface area (Å²) in [7, 11) is 0. The van der Waals surface area contributed by atoms with Crippen molar-refractivity contribution in [3.05, 3.63) is 95.9 Å². The standard InChI is InChI=1S/C25H21ClFN3O8/c26-16-12-28(20-6-2-8-36-20)19(31)11-18(16)38-24(34)15-5-1-4-14(10-15)22(32)30-23(33)17(27)13-29(25(30)35)21-7-3-9-37-21/h1,4-5,10-13,20-21H,2-3,6-9H2. The molecule has 2 saturated heterocycles. The maximum atomic E-state index is 14.4. The van der Waals surface area contributed by atoms with E-state index in [1.165, 1.54) is 29.0 Å². The van der Waals surface area contributed by atoms with Crippen LogP contribution in [0.2, 0.25) is 5.02 Å². The molecule has 2 aliphatic heterocycles. The van der Waals surface area contributed by atoms with Crippen LogP contribution in [-0.2, 0) is 9.47 Å². The van der Waals surface area contributed by atoms with E-state index in [4.69, 9.17) is 25.8 Å². The van der Waals surface area contributed by atoms with Gasteiger partial charge in [0.15, 0.2) is 5.75 Å². The second-order valence-electron chi connectivity index (χ2n) is 8.75. The Kier molecular flexibility index (Phi) is 7.11. The second kappa shape index (κ2) is 10.5. The molecule has 0 saturated carbocycles. The van der Waals surface area contributed by atoms with Gasteiger partial charge in [-0.05, 0) is 43.9 Å². The molecular weight excluding hydrogens is 525 g/mol. The summed E-state index contributed by atoms with van der Waals surface area (Å²) >= 11 is 6.22. The Morgan fingerprint density at radius 2 is 1.61 bits per heavy atom. The van der Waals surface area contributed by atoms with Crippen molar-refractivity contribution in [1.29, 1.82) is 0 Å². The highest BCUT2D eigenvalue weighted by Crippen LogP contribution is 2.27. The first kappa shape index (κ1) is 25.8. The molecule has 11 nitrogen and oxygen atoms in total. The molecular formula is C25H21ClFN3O8. The average Bonchev–Trinajstić information content (AvgIpc) is 3.63. The number of carbonyl (C=O) groups excluding carboxylic acids is 2. The summed E-state index contributed by atoms with van der Waals surface area (Å²) in [6.45, 7) is 0.869. The highest BCUT2D eigenvalue weighted by molar-refractivity contribution is 6.32. The minimum Gasteiger partial charge on any atom is -0.421 e. The number of nitrogens with zero attached hydrogens (tertiary/aromatic N) is 3. The molecule has 1 aromatic carbocycles. The Hall–Kier alpha value is -3.87. The summed E-state index contributed by atoms with van der Waals surface area (Å²) in [4.78, 5) is 63.7. The fourth-order valence-electron chi connectivity index (χ4n) is 4.36. The second-order valence-corrected chi connectivity index (χ2v) is 9.16. The first-order valence-electron chi connectivity index (χ1n) is 11.8. The summed E-state index contributed by atoms with van der Waals surface area (Å²) in [5.41, 5.74) is -3.37. The molecule has 0 radical (unpaired) electrons. The van der Waals surface area contributed by atoms with E-state index in [0.717, 1.165) is 23.1 Å². The molecule has 0 bridgehead atoms. The minimum atomic E-state index is -1.43. The third-order valence-corrected chi connectivity index (χ3v) is 6.54. The van der Waals surface area contributed by atoms with Gasteiger partial charge in [-0.1, -0.05) is 17.7 Å². The average molecular weight is 546 g/mol. The maximum absolute atomic E-state index is 14.4. The van der Waals surface area contributed by atoms with Gasteiger partial charge in [0.1, 0.15) is 12.5 Å². The van der Waals surface area contributed by atoms with Crippen molar-refractivity contribution in [2.24, 2.45) is 0 Å². The maximum Gasteiger partial charge on any atom is 0.343 e. The zero-order chi connectivity index (χ0) is 27.0. The summed E-state index contributed by atoms with van der Waals surface area (Å²) in [6.07, 6.45) is 3.25. The van der Waals surface area contributed by atoms with Crippen molar-refractivity contribution in [2.75, 3.05) is 13.2 Å². The third kappa shape index (κ3) is 4.85. The lowest BCUT2D eigenvalue weighted by molar-refractivity contribution is 0.0501. The van der Waals surface area contributed by atoms with Gasteiger partial charge >= 0.3 is 11.7 Å². The van der Waals surface area contributed by atoms with Crippen molar-refractivity contribution in [3.63, 3.8) is 0 Å². The van der Waals surface area contributed by atoms with Gasteiger partial charge in [-0.3, -0.25) is 23.5 Å². The molecule has 0 N–H and O–H groups in total. The summed E-state index contributed by atoms with van der Waals surface area (Å²) in [6, 6.07) is 6.03. The first-order valence-corrected chi connectivity index (χ1v) is 12.2. The molecule has 2 unspecified atom stereocenters. The first-order chi connectivity index (χ1) is 18.2. The topological polar surface area (TPSA) is 128 Å². The van der Waals surface area contributed by atoms with E-state index in [1.807, 2.05) is 0 Å². The Morgan fingerprint density at radius 1 is 0.947 bits per heavy atom. The molecule has 3 aromatic rings.